The number of hydrogen-bond donors (Lipinski definition) is 1. The molecule has 1 N–H and O–H groups in total. The Hall–Kier alpha value is -1.60. The first-order valence-corrected chi connectivity index (χ1v) is 7.56. The van der Waals surface area contributed by atoms with E-state index in [2.05, 4.69) is 65.8 Å². The van der Waals surface area contributed by atoms with Gasteiger partial charge >= 0.3 is 0 Å². The first-order valence-electron chi connectivity index (χ1n) is 7.56. The van der Waals surface area contributed by atoms with Crippen molar-refractivity contribution in [3.8, 4) is 0 Å². The lowest BCUT2D eigenvalue weighted by Crippen LogP contribution is -2.12. The number of aliphatic hydroxyl groups excluding tert-OH is 1. The van der Waals surface area contributed by atoms with Crippen LogP contribution in [0.4, 0.5) is 0 Å². The van der Waals surface area contributed by atoms with Crippen molar-refractivity contribution >= 4 is 0 Å². The number of hydrogen-bond acceptors (Lipinski definition) is 1. The molecule has 0 aliphatic heterocycles. The monoisotopic (exact) mass is 282 g/mol. The summed E-state index contributed by atoms with van der Waals surface area (Å²) in [5.41, 5.74) is 6.89. The van der Waals surface area contributed by atoms with Crippen LogP contribution in [0.15, 0.2) is 36.4 Å². The summed E-state index contributed by atoms with van der Waals surface area (Å²) in [6, 6.07) is 12.6. The minimum Gasteiger partial charge on any atom is -0.384 e. The Kier molecular flexibility index (Phi) is 4.25. The lowest BCUT2D eigenvalue weighted by atomic mass is 9.84. The summed E-state index contributed by atoms with van der Waals surface area (Å²) in [4.78, 5) is 0. The van der Waals surface area contributed by atoms with Crippen molar-refractivity contribution in [3.05, 3.63) is 69.8 Å². The molecule has 2 aromatic rings. The second-order valence-corrected chi connectivity index (χ2v) is 7.09. The highest BCUT2D eigenvalue weighted by Gasteiger charge is 2.19. The standard InChI is InChI=1S/C20H26O/c1-13-10-14(2)18(15(3)11-13)19(21)16-8-7-9-17(12-16)20(4,5)6/h7-12,19,21H,1-6H3. The quantitative estimate of drug-likeness (QED) is 0.822. The van der Waals surface area contributed by atoms with Crippen LogP contribution in [-0.2, 0) is 5.41 Å². The molecule has 1 unspecified atom stereocenters. The predicted molar refractivity (Wildman–Crippen MR) is 89.9 cm³/mol. The molecule has 0 aliphatic carbocycles. The van der Waals surface area contributed by atoms with Gasteiger partial charge in [-0.05, 0) is 54.0 Å². The number of benzene rings is 2. The molecule has 0 aromatic heterocycles. The van der Waals surface area contributed by atoms with E-state index in [1.165, 1.54) is 11.1 Å². The predicted octanol–water partition coefficient (Wildman–Crippen LogP) is 4.99. The van der Waals surface area contributed by atoms with E-state index >= 15 is 0 Å². The van der Waals surface area contributed by atoms with E-state index in [0.717, 1.165) is 22.3 Å². The average molecular weight is 282 g/mol. The van der Waals surface area contributed by atoms with E-state index < -0.39 is 6.10 Å². The number of aryl methyl sites for hydroxylation is 3. The van der Waals surface area contributed by atoms with Crippen LogP contribution in [0.5, 0.6) is 0 Å². The minimum atomic E-state index is -0.562. The maximum Gasteiger partial charge on any atom is 0.105 e. The van der Waals surface area contributed by atoms with Crippen molar-refractivity contribution in [1.29, 1.82) is 0 Å². The van der Waals surface area contributed by atoms with Crippen molar-refractivity contribution < 1.29 is 5.11 Å². The van der Waals surface area contributed by atoms with Crippen LogP contribution in [0.1, 0.15) is 60.3 Å². The molecule has 21 heavy (non-hydrogen) atoms. The van der Waals surface area contributed by atoms with Crippen LogP contribution in [0.25, 0.3) is 0 Å². The molecule has 2 rings (SSSR count). The van der Waals surface area contributed by atoms with E-state index in [4.69, 9.17) is 0 Å². The normalized spacial score (nSPS) is 13.3. The molecule has 0 aliphatic rings. The zero-order valence-electron chi connectivity index (χ0n) is 14.0. The summed E-state index contributed by atoms with van der Waals surface area (Å²) in [5.74, 6) is 0. The van der Waals surface area contributed by atoms with Crippen LogP contribution in [0, 0.1) is 20.8 Å². The maximum absolute atomic E-state index is 10.8. The van der Waals surface area contributed by atoms with Crippen molar-refractivity contribution in [2.75, 3.05) is 0 Å². The van der Waals surface area contributed by atoms with Gasteiger partial charge in [0.25, 0.3) is 0 Å². The van der Waals surface area contributed by atoms with Gasteiger partial charge in [0.15, 0.2) is 0 Å². The number of aliphatic hydroxyl groups is 1. The van der Waals surface area contributed by atoms with E-state index in [-0.39, 0.29) is 5.41 Å². The molecule has 0 amide bonds. The summed E-state index contributed by atoms with van der Waals surface area (Å²) >= 11 is 0. The Morgan fingerprint density at radius 2 is 1.48 bits per heavy atom. The largest absolute Gasteiger partial charge is 0.384 e. The summed E-state index contributed by atoms with van der Waals surface area (Å²) in [5, 5.41) is 10.8. The zero-order chi connectivity index (χ0) is 15.8. The molecule has 1 heteroatoms. The Labute approximate surface area is 128 Å². The maximum atomic E-state index is 10.8. The topological polar surface area (TPSA) is 20.2 Å². The second kappa shape index (κ2) is 5.65. The highest BCUT2D eigenvalue weighted by atomic mass is 16.3. The summed E-state index contributed by atoms with van der Waals surface area (Å²) in [6.45, 7) is 12.8. The van der Waals surface area contributed by atoms with Crippen molar-refractivity contribution in [3.63, 3.8) is 0 Å². The van der Waals surface area contributed by atoms with Gasteiger partial charge < -0.3 is 5.11 Å². The average Bonchev–Trinajstić information content (AvgIpc) is 2.36. The fourth-order valence-electron chi connectivity index (χ4n) is 2.96. The van der Waals surface area contributed by atoms with Gasteiger partial charge in [0.1, 0.15) is 6.10 Å². The summed E-state index contributed by atoms with van der Waals surface area (Å²) in [7, 11) is 0. The highest BCUT2D eigenvalue weighted by Crippen LogP contribution is 2.31. The molecule has 1 atom stereocenters. The summed E-state index contributed by atoms with van der Waals surface area (Å²) in [6.07, 6.45) is -0.562. The molecule has 0 saturated carbocycles. The van der Waals surface area contributed by atoms with Crippen LogP contribution < -0.4 is 0 Å². The first-order chi connectivity index (χ1) is 9.70. The molecule has 0 heterocycles. The first kappa shape index (κ1) is 15.8. The Morgan fingerprint density at radius 3 is 2.00 bits per heavy atom. The Morgan fingerprint density at radius 1 is 0.905 bits per heavy atom. The second-order valence-electron chi connectivity index (χ2n) is 7.09. The number of rotatable bonds is 2. The molecular weight excluding hydrogens is 256 g/mol. The summed E-state index contributed by atoms with van der Waals surface area (Å²) < 4.78 is 0. The third-order valence-electron chi connectivity index (χ3n) is 4.08. The molecule has 0 bridgehead atoms. The molecule has 0 spiro atoms. The van der Waals surface area contributed by atoms with Gasteiger partial charge in [-0.25, -0.2) is 0 Å². The SMILES string of the molecule is Cc1cc(C)c(C(O)c2cccc(C(C)(C)C)c2)c(C)c1. The lowest BCUT2D eigenvalue weighted by Gasteiger charge is -2.22. The highest BCUT2D eigenvalue weighted by molar-refractivity contribution is 5.44. The van der Waals surface area contributed by atoms with E-state index in [9.17, 15) is 5.11 Å². The molecular formula is C20H26O. The van der Waals surface area contributed by atoms with Crippen LogP contribution >= 0.6 is 0 Å². The molecule has 2 aromatic carbocycles. The van der Waals surface area contributed by atoms with Crippen LogP contribution in [0.2, 0.25) is 0 Å². The third kappa shape index (κ3) is 3.36. The molecule has 0 radical (unpaired) electrons. The van der Waals surface area contributed by atoms with Gasteiger partial charge in [-0.15, -0.1) is 0 Å². The van der Waals surface area contributed by atoms with Crippen molar-refractivity contribution in [2.45, 2.75) is 53.1 Å². The van der Waals surface area contributed by atoms with Crippen molar-refractivity contribution in [2.24, 2.45) is 0 Å². The molecule has 112 valence electrons. The smallest absolute Gasteiger partial charge is 0.105 e. The van der Waals surface area contributed by atoms with Gasteiger partial charge in [0.05, 0.1) is 0 Å². The zero-order valence-corrected chi connectivity index (χ0v) is 14.0. The van der Waals surface area contributed by atoms with Gasteiger partial charge in [-0.1, -0.05) is 62.7 Å². The van der Waals surface area contributed by atoms with E-state index in [1.807, 2.05) is 12.1 Å². The Balaban J connectivity index is 2.48. The lowest BCUT2D eigenvalue weighted by molar-refractivity contribution is 0.218. The van der Waals surface area contributed by atoms with E-state index in [0.29, 0.717) is 0 Å². The van der Waals surface area contributed by atoms with Gasteiger partial charge in [0, 0.05) is 0 Å². The Bertz CT molecular complexity index is 624. The van der Waals surface area contributed by atoms with Gasteiger partial charge in [-0.3, -0.25) is 0 Å². The molecule has 1 nitrogen and oxygen atoms in total. The molecule has 0 fully saturated rings. The van der Waals surface area contributed by atoms with Gasteiger partial charge in [0.2, 0.25) is 0 Å². The minimum absolute atomic E-state index is 0.0904. The van der Waals surface area contributed by atoms with E-state index in [1.54, 1.807) is 0 Å². The van der Waals surface area contributed by atoms with Crippen molar-refractivity contribution in [1.82, 2.24) is 0 Å². The fraction of sp³-hybridized carbons (Fsp3) is 0.400. The third-order valence-corrected chi connectivity index (χ3v) is 4.08. The van der Waals surface area contributed by atoms with Crippen LogP contribution in [0.3, 0.4) is 0 Å². The van der Waals surface area contributed by atoms with Gasteiger partial charge in [-0.2, -0.15) is 0 Å². The van der Waals surface area contributed by atoms with Crippen LogP contribution in [-0.4, -0.2) is 5.11 Å². The fourth-order valence-corrected chi connectivity index (χ4v) is 2.96. The molecule has 0 saturated heterocycles.